The third-order valence-corrected chi connectivity index (χ3v) is 6.14. The predicted molar refractivity (Wildman–Crippen MR) is 101 cm³/mol. The zero-order valence-corrected chi connectivity index (χ0v) is 15.3. The van der Waals surface area contributed by atoms with Crippen LogP contribution in [-0.2, 0) is 11.3 Å². The molecule has 0 aliphatic heterocycles. The van der Waals surface area contributed by atoms with E-state index in [0.717, 1.165) is 13.0 Å². The first-order valence-electron chi connectivity index (χ1n) is 9.24. The molecule has 2 nitrogen and oxygen atoms in total. The summed E-state index contributed by atoms with van der Waals surface area (Å²) in [5, 5.41) is 3.81. The van der Waals surface area contributed by atoms with Crippen LogP contribution < -0.4 is 5.32 Å². The molecule has 0 aromatic heterocycles. The summed E-state index contributed by atoms with van der Waals surface area (Å²) in [5.74, 6) is 0. The van der Waals surface area contributed by atoms with Gasteiger partial charge >= 0.3 is 0 Å². The molecular weight excluding hydrogens is 294 g/mol. The van der Waals surface area contributed by atoms with Gasteiger partial charge in [0.25, 0.3) is 0 Å². The lowest BCUT2D eigenvalue weighted by atomic mass is 9.62. The average Bonchev–Trinajstić information content (AvgIpc) is 2.64. The van der Waals surface area contributed by atoms with Gasteiger partial charge in [-0.3, -0.25) is 0 Å². The van der Waals surface area contributed by atoms with Crippen molar-refractivity contribution in [3.05, 3.63) is 59.7 Å². The smallest absolute Gasteiger partial charge is 0.0679 e. The molecule has 0 amide bonds. The van der Waals surface area contributed by atoms with Gasteiger partial charge in [0, 0.05) is 24.6 Å². The molecule has 3 atom stereocenters. The Morgan fingerprint density at radius 2 is 1.96 bits per heavy atom. The van der Waals surface area contributed by atoms with Crippen LogP contribution in [0.25, 0.3) is 0 Å². The second-order valence-electron chi connectivity index (χ2n) is 7.90. The quantitative estimate of drug-likeness (QED) is 0.821. The Morgan fingerprint density at radius 3 is 2.62 bits per heavy atom. The number of rotatable bonds is 5. The van der Waals surface area contributed by atoms with Gasteiger partial charge in [-0.15, -0.1) is 0 Å². The molecule has 1 N–H and O–H groups in total. The van der Waals surface area contributed by atoms with Gasteiger partial charge < -0.3 is 10.1 Å². The van der Waals surface area contributed by atoms with Crippen LogP contribution in [0, 0.1) is 5.41 Å². The van der Waals surface area contributed by atoms with E-state index in [9.17, 15) is 0 Å². The SMILES string of the molecule is COC1CC(C)(NCc2ccccc2)CCC1(C)C1=CC=CCC1. The molecule has 0 spiro atoms. The Bertz CT molecular complexity index is 606. The third kappa shape index (κ3) is 3.65. The molecule has 24 heavy (non-hydrogen) atoms. The number of benzene rings is 1. The van der Waals surface area contributed by atoms with Crippen molar-refractivity contribution in [3.63, 3.8) is 0 Å². The molecule has 130 valence electrons. The van der Waals surface area contributed by atoms with Gasteiger partial charge in [-0.25, -0.2) is 0 Å². The molecule has 0 heterocycles. The standard InChI is InChI=1S/C22H31NO/c1-21(23-17-18-10-6-4-7-11-18)14-15-22(2,20(16-21)24-3)19-12-8-5-9-13-19/h4-8,10-12,20,23H,9,13-17H2,1-3H3. The fraction of sp³-hybridized carbons (Fsp3) is 0.545. The number of hydrogen-bond donors (Lipinski definition) is 1. The Balaban J connectivity index is 1.69. The number of nitrogens with one attached hydrogen (secondary N) is 1. The molecule has 2 aliphatic rings. The number of ether oxygens (including phenoxy) is 1. The van der Waals surface area contributed by atoms with E-state index in [-0.39, 0.29) is 17.1 Å². The van der Waals surface area contributed by atoms with E-state index >= 15 is 0 Å². The van der Waals surface area contributed by atoms with Crippen LogP contribution in [0.1, 0.15) is 51.5 Å². The van der Waals surface area contributed by atoms with Crippen molar-refractivity contribution in [1.82, 2.24) is 5.32 Å². The van der Waals surface area contributed by atoms with E-state index in [1.807, 2.05) is 7.11 Å². The van der Waals surface area contributed by atoms with Crippen molar-refractivity contribution >= 4 is 0 Å². The molecule has 1 aromatic rings. The van der Waals surface area contributed by atoms with Crippen molar-refractivity contribution in [2.75, 3.05) is 7.11 Å². The summed E-state index contributed by atoms with van der Waals surface area (Å²) in [6.45, 7) is 5.69. The topological polar surface area (TPSA) is 21.3 Å². The summed E-state index contributed by atoms with van der Waals surface area (Å²) < 4.78 is 6.00. The van der Waals surface area contributed by atoms with Crippen LogP contribution in [0.2, 0.25) is 0 Å². The van der Waals surface area contributed by atoms with E-state index in [0.29, 0.717) is 0 Å². The van der Waals surface area contributed by atoms with Crippen molar-refractivity contribution in [3.8, 4) is 0 Å². The van der Waals surface area contributed by atoms with Gasteiger partial charge in [-0.2, -0.15) is 0 Å². The summed E-state index contributed by atoms with van der Waals surface area (Å²) in [4.78, 5) is 0. The summed E-state index contributed by atoms with van der Waals surface area (Å²) in [6.07, 6.45) is 12.9. The molecule has 0 radical (unpaired) electrons. The van der Waals surface area contributed by atoms with Crippen LogP contribution in [-0.4, -0.2) is 18.8 Å². The first-order chi connectivity index (χ1) is 11.6. The summed E-state index contributed by atoms with van der Waals surface area (Å²) >= 11 is 0. The maximum Gasteiger partial charge on any atom is 0.0679 e. The molecule has 0 saturated heterocycles. The van der Waals surface area contributed by atoms with Crippen LogP contribution in [0.4, 0.5) is 0 Å². The molecule has 1 aromatic carbocycles. The van der Waals surface area contributed by atoms with Gasteiger partial charge in [0.15, 0.2) is 0 Å². The zero-order valence-electron chi connectivity index (χ0n) is 15.3. The highest BCUT2D eigenvalue weighted by atomic mass is 16.5. The molecule has 1 saturated carbocycles. The highest BCUT2D eigenvalue weighted by molar-refractivity contribution is 5.27. The first kappa shape index (κ1) is 17.4. The first-order valence-corrected chi connectivity index (χ1v) is 9.24. The van der Waals surface area contributed by atoms with Crippen molar-refractivity contribution in [2.45, 2.75) is 64.1 Å². The molecule has 2 heteroatoms. The minimum Gasteiger partial charge on any atom is -0.380 e. The number of hydrogen-bond acceptors (Lipinski definition) is 2. The minimum absolute atomic E-state index is 0.140. The largest absolute Gasteiger partial charge is 0.380 e. The fourth-order valence-corrected chi connectivity index (χ4v) is 4.29. The summed E-state index contributed by atoms with van der Waals surface area (Å²) in [5.41, 5.74) is 3.23. The summed E-state index contributed by atoms with van der Waals surface area (Å²) in [7, 11) is 1.88. The normalized spacial score (nSPS) is 33.3. The van der Waals surface area contributed by atoms with E-state index in [2.05, 4.69) is 67.7 Å². The van der Waals surface area contributed by atoms with Gasteiger partial charge in [-0.05, 0) is 44.6 Å². The van der Waals surface area contributed by atoms with Crippen molar-refractivity contribution < 1.29 is 4.74 Å². The minimum atomic E-state index is 0.140. The van der Waals surface area contributed by atoms with Gasteiger partial charge in [0.05, 0.1) is 6.10 Å². The maximum absolute atomic E-state index is 6.00. The van der Waals surface area contributed by atoms with E-state index in [1.54, 1.807) is 5.57 Å². The highest BCUT2D eigenvalue weighted by Gasteiger charge is 2.46. The van der Waals surface area contributed by atoms with Crippen molar-refractivity contribution in [2.24, 2.45) is 5.41 Å². The number of allylic oxidation sites excluding steroid dienone is 3. The third-order valence-electron chi connectivity index (χ3n) is 6.14. The number of methoxy groups -OCH3 is 1. The highest BCUT2D eigenvalue weighted by Crippen LogP contribution is 2.48. The Hall–Kier alpha value is -1.38. The van der Waals surface area contributed by atoms with E-state index < -0.39 is 0 Å². The van der Waals surface area contributed by atoms with Crippen LogP contribution in [0.15, 0.2) is 54.1 Å². The molecular formula is C22H31NO. The molecule has 3 unspecified atom stereocenters. The average molecular weight is 325 g/mol. The molecule has 3 rings (SSSR count). The fourth-order valence-electron chi connectivity index (χ4n) is 4.29. The monoisotopic (exact) mass is 325 g/mol. The summed E-state index contributed by atoms with van der Waals surface area (Å²) in [6, 6.07) is 10.7. The molecule has 0 bridgehead atoms. The zero-order chi connectivity index (χ0) is 17.0. The van der Waals surface area contributed by atoms with Crippen LogP contribution in [0.3, 0.4) is 0 Å². The lowest BCUT2D eigenvalue weighted by Crippen LogP contribution is -2.54. The molecule has 1 fully saturated rings. The lowest BCUT2D eigenvalue weighted by molar-refractivity contribution is -0.0434. The van der Waals surface area contributed by atoms with Crippen LogP contribution >= 0.6 is 0 Å². The Kier molecular flexibility index (Phi) is 5.27. The second kappa shape index (κ2) is 7.25. The Morgan fingerprint density at radius 1 is 1.17 bits per heavy atom. The predicted octanol–water partition coefficient (Wildman–Crippen LogP) is 5.02. The Labute approximate surface area is 147 Å². The van der Waals surface area contributed by atoms with E-state index in [1.165, 1.54) is 31.2 Å². The van der Waals surface area contributed by atoms with Gasteiger partial charge in [0.1, 0.15) is 0 Å². The van der Waals surface area contributed by atoms with Crippen LogP contribution in [0.5, 0.6) is 0 Å². The van der Waals surface area contributed by atoms with Crippen molar-refractivity contribution in [1.29, 1.82) is 0 Å². The van der Waals surface area contributed by atoms with Gasteiger partial charge in [0.2, 0.25) is 0 Å². The maximum atomic E-state index is 6.00. The lowest BCUT2D eigenvalue weighted by Gasteiger charge is -2.50. The molecule has 2 aliphatic carbocycles. The second-order valence-corrected chi connectivity index (χ2v) is 7.90. The van der Waals surface area contributed by atoms with Gasteiger partial charge in [-0.1, -0.05) is 61.1 Å². The van der Waals surface area contributed by atoms with E-state index in [4.69, 9.17) is 4.74 Å².